The summed E-state index contributed by atoms with van der Waals surface area (Å²) in [5.41, 5.74) is 0.393. The lowest BCUT2D eigenvalue weighted by Crippen LogP contribution is -2.43. The summed E-state index contributed by atoms with van der Waals surface area (Å²) < 4.78 is 5.10. The summed E-state index contributed by atoms with van der Waals surface area (Å²) >= 11 is 5.75. The molecule has 0 saturated carbocycles. The Kier molecular flexibility index (Phi) is 6.61. The third-order valence-electron chi connectivity index (χ3n) is 3.82. The summed E-state index contributed by atoms with van der Waals surface area (Å²) in [6.45, 7) is 2.66. The second-order valence-corrected chi connectivity index (χ2v) is 6.14. The quantitative estimate of drug-likeness (QED) is 0.822. The Balaban J connectivity index is 1.76. The van der Waals surface area contributed by atoms with Crippen molar-refractivity contribution in [2.24, 2.45) is 0 Å². The van der Waals surface area contributed by atoms with E-state index in [0.717, 1.165) is 19.3 Å². The van der Waals surface area contributed by atoms with Crippen LogP contribution in [0, 0.1) is 0 Å². The minimum atomic E-state index is -0.844. The average molecular weight is 353 g/mol. The van der Waals surface area contributed by atoms with Crippen LogP contribution in [-0.2, 0) is 14.3 Å². The average Bonchev–Trinajstić information content (AvgIpc) is 2.60. The van der Waals surface area contributed by atoms with Crippen molar-refractivity contribution in [3.8, 4) is 0 Å². The minimum absolute atomic E-state index is 0.188. The number of carbonyl (C=O) groups is 3. The first-order valence-corrected chi connectivity index (χ1v) is 8.37. The van der Waals surface area contributed by atoms with E-state index in [0.29, 0.717) is 23.7 Å². The lowest BCUT2D eigenvalue weighted by Gasteiger charge is -2.28. The van der Waals surface area contributed by atoms with Gasteiger partial charge < -0.3 is 15.0 Å². The number of benzene rings is 1. The van der Waals surface area contributed by atoms with Crippen LogP contribution in [0.3, 0.4) is 0 Å². The number of esters is 1. The summed E-state index contributed by atoms with van der Waals surface area (Å²) in [4.78, 5) is 37.6. The summed E-state index contributed by atoms with van der Waals surface area (Å²) in [5.74, 6) is -1.24. The van der Waals surface area contributed by atoms with Gasteiger partial charge in [-0.2, -0.15) is 0 Å². The van der Waals surface area contributed by atoms with Crippen molar-refractivity contribution in [2.45, 2.75) is 32.3 Å². The largest absolute Gasteiger partial charge is 0.451 e. The molecule has 1 aliphatic heterocycles. The number of rotatable bonds is 5. The van der Waals surface area contributed by atoms with Crippen LogP contribution in [0.1, 0.15) is 36.5 Å². The molecule has 0 aromatic heterocycles. The molecule has 0 spiro atoms. The minimum Gasteiger partial charge on any atom is -0.451 e. The molecule has 1 aromatic rings. The molecule has 1 aromatic carbocycles. The lowest BCUT2D eigenvalue weighted by atomic mass is 10.1. The third-order valence-corrected chi connectivity index (χ3v) is 4.08. The van der Waals surface area contributed by atoms with Gasteiger partial charge in [-0.3, -0.25) is 14.4 Å². The van der Waals surface area contributed by atoms with Crippen LogP contribution in [0.25, 0.3) is 0 Å². The number of piperidine rings is 1. The van der Waals surface area contributed by atoms with Crippen LogP contribution in [0.5, 0.6) is 0 Å². The highest BCUT2D eigenvalue weighted by molar-refractivity contribution is 6.30. The zero-order chi connectivity index (χ0) is 17.5. The Morgan fingerprint density at radius 3 is 2.42 bits per heavy atom. The summed E-state index contributed by atoms with van der Waals surface area (Å²) in [5, 5.41) is 2.98. The van der Waals surface area contributed by atoms with E-state index in [1.165, 1.54) is 0 Å². The van der Waals surface area contributed by atoms with E-state index >= 15 is 0 Å². The molecule has 1 heterocycles. The van der Waals surface area contributed by atoms with Gasteiger partial charge in [0.15, 0.2) is 6.10 Å². The van der Waals surface area contributed by atoms with Crippen LogP contribution in [0.2, 0.25) is 5.02 Å². The molecule has 1 aliphatic rings. The number of amides is 2. The molecule has 130 valence electrons. The monoisotopic (exact) mass is 352 g/mol. The van der Waals surface area contributed by atoms with Crippen LogP contribution >= 0.6 is 11.6 Å². The standard InChI is InChI=1S/C17H21ClN2O4/c1-12(17(23)20-9-3-2-4-10-20)24-15(21)11-19-16(22)13-5-7-14(18)8-6-13/h5-8,12H,2-4,9-11H2,1H3,(H,19,22)/t12-/m0/s1. The zero-order valence-electron chi connectivity index (χ0n) is 13.6. The number of carbonyl (C=O) groups excluding carboxylic acids is 3. The van der Waals surface area contributed by atoms with E-state index in [-0.39, 0.29) is 12.5 Å². The van der Waals surface area contributed by atoms with E-state index in [4.69, 9.17) is 16.3 Å². The first kappa shape index (κ1) is 18.3. The van der Waals surface area contributed by atoms with Gasteiger partial charge in [0.1, 0.15) is 6.54 Å². The van der Waals surface area contributed by atoms with E-state index in [2.05, 4.69) is 5.32 Å². The smallest absolute Gasteiger partial charge is 0.326 e. The second-order valence-electron chi connectivity index (χ2n) is 5.71. The fourth-order valence-electron chi connectivity index (χ4n) is 2.52. The highest BCUT2D eigenvalue weighted by Crippen LogP contribution is 2.11. The molecule has 0 radical (unpaired) electrons. The first-order chi connectivity index (χ1) is 11.5. The first-order valence-electron chi connectivity index (χ1n) is 7.99. The molecule has 1 N–H and O–H groups in total. The Bertz CT molecular complexity index is 597. The number of ether oxygens (including phenoxy) is 1. The van der Waals surface area contributed by atoms with Gasteiger partial charge in [-0.15, -0.1) is 0 Å². The van der Waals surface area contributed by atoms with E-state index in [9.17, 15) is 14.4 Å². The van der Waals surface area contributed by atoms with Crippen LogP contribution < -0.4 is 5.32 Å². The molecular weight excluding hydrogens is 332 g/mol. The second kappa shape index (κ2) is 8.68. The van der Waals surface area contributed by atoms with Gasteiger partial charge in [0.05, 0.1) is 0 Å². The molecule has 0 unspecified atom stereocenters. The molecule has 1 atom stereocenters. The number of halogens is 1. The van der Waals surface area contributed by atoms with Gasteiger partial charge >= 0.3 is 5.97 Å². The Hall–Kier alpha value is -2.08. The molecule has 24 heavy (non-hydrogen) atoms. The fraction of sp³-hybridized carbons (Fsp3) is 0.471. The number of likely N-dealkylation sites (tertiary alicyclic amines) is 1. The van der Waals surface area contributed by atoms with Crippen molar-refractivity contribution in [1.82, 2.24) is 10.2 Å². The van der Waals surface area contributed by atoms with Gasteiger partial charge in [0.2, 0.25) is 0 Å². The van der Waals surface area contributed by atoms with Crippen LogP contribution in [0.4, 0.5) is 0 Å². The van der Waals surface area contributed by atoms with E-state index in [1.807, 2.05) is 0 Å². The fourth-order valence-corrected chi connectivity index (χ4v) is 2.64. The zero-order valence-corrected chi connectivity index (χ0v) is 14.3. The Morgan fingerprint density at radius 2 is 1.79 bits per heavy atom. The third kappa shape index (κ3) is 5.23. The van der Waals surface area contributed by atoms with Gasteiger partial charge in [0.25, 0.3) is 11.8 Å². The molecule has 6 nitrogen and oxygen atoms in total. The van der Waals surface area contributed by atoms with Crippen molar-refractivity contribution >= 4 is 29.4 Å². The summed E-state index contributed by atoms with van der Waals surface area (Å²) in [7, 11) is 0. The van der Waals surface area contributed by atoms with Crippen LogP contribution in [-0.4, -0.2) is 48.4 Å². The molecule has 1 fully saturated rings. The van der Waals surface area contributed by atoms with Gasteiger partial charge in [-0.25, -0.2) is 0 Å². The van der Waals surface area contributed by atoms with Crippen molar-refractivity contribution < 1.29 is 19.1 Å². The predicted octanol–water partition coefficient (Wildman–Crippen LogP) is 2.01. The Morgan fingerprint density at radius 1 is 1.17 bits per heavy atom. The van der Waals surface area contributed by atoms with Gasteiger partial charge in [0, 0.05) is 23.7 Å². The van der Waals surface area contributed by atoms with E-state index in [1.54, 1.807) is 36.1 Å². The Labute approximate surface area is 146 Å². The van der Waals surface area contributed by atoms with Crippen molar-refractivity contribution in [3.05, 3.63) is 34.9 Å². The van der Waals surface area contributed by atoms with Gasteiger partial charge in [-0.05, 0) is 50.5 Å². The number of hydrogen-bond donors (Lipinski definition) is 1. The van der Waals surface area contributed by atoms with Gasteiger partial charge in [-0.1, -0.05) is 11.6 Å². The molecule has 7 heteroatoms. The maximum Gasteiger partial charge on any atom is 0.326 e. The highest BCUT2D eigenvalue weighted by atomic mass is 35.5. The molecular formula is C17H21ClN2O4. The van der Waals surface area contributed by atoms with E-state index < -0.39 is 18.0 Å². The summed E-state index contributed by atoms with van der Waals surface area (Å²) in [6, 6.07) is 6.30. The molecule has 2 amide bonds. The van der Waals surface area contributed by atoms with Crippen molar-refractivity contribution in [1.29, 1.82) is 0 Å². The molecule has 0 aliphatic carbocycles. The molecule has 0 bridgehead atoms. The number of nitrogens with one attached hydrogen (secondary N) is 1. The topological polar surface area (TPSA) is 75.7 Å². The highest BCUT2D eigenvalue weighted by Gasteiger charge is 2.25. The SMILES string of the molecule is C[C@H](OC(=O)CNC(=O)c1ccc(Cl)cc1)C(=O)N1CCCCC1. The van der Waals surface area contributed by atoms with Crippen molar-refractivity contribution in [3.63, 3.8) is 0 Å². The summed E-state index contributed by atoms with van der Waals surface area (Å²) in [6.07, 6.45) is 2.23. The number of hydrogen-bond acceptors (Lipinski definition) is 4. The maximum absolute atomic E-state index is 12.2. The number of nitrogens with zero attached hydrogens (tertiary/aromatic N) is 1. The molecule has 2 rings (SSSR count). The van der Waals surface area contributed by atoms with Crippen LogP contribution in [0.15, 0.2) is 24.3 Å². The predicted molar refractivity (Wildman–Crippen MR) is 89.8 cm³/mol. The lowest BCUT2D eigenvalue weighted by molar-refractivity contribution is -0.158. The normalized spacial score (nSPS) is 15.5. The maximum atomic E-state index is 12.2. The van der Waals surface area contributed by atoms with Crippen molar-refractivity contribution in [2.75, 3.05) is 19.6 Å². The molecule has 1 saturated heterocycles.